The molecule has 2 aromatic heterocycles. The summed E-state index contributed by atoms with van der Waals surface area (Å²) in [5.41, 5.74) is 16.3. The maximum atomic E-state index is 6.70. The second-order valence-electron chi connectivity index (χ2n) is 16.5. The lowest BCUT2D eigenvalue weighted by Crippen LogP contribution is -2.16. The van der Waals surface area contributed by atoms with Gasteiger partial charge >= 0.3 is 0 Å². The van der Waals surface area contributed by atoms with Gasteiger partial charge in [0, 0.05) is 55.4 Å². The molecule has 0 atom stereocenters. The van der Waals surface area contributed by atoms with Gasteiger partial charge in [0.15, 0.2) is 11.5 Å². The van der Waals surface area contributed by atoms with Crippen molar-refractivity contribution >= 4 is 88.6 Å². The highest BCUT2D eigenvalue weighted by Gasteiger charge is 2.34. The van der Waals surface area contributed by atoms with Crippen LogP contribution in [0.5, 0.6) is 11.5 Å². The molecular formula is C58H35N3O2. The van der Waals surface area contributed by atoms with Crippen molar-refractivity contribution in [3.63, 3.8) is 0 Å². The Morgan fingerprint density at radius 3 is 1.94 bits per heavy atom. The van der Waals surface area contributed by atoms with Crippen LogP contribution in [0.25, 0.3) is 82.5 Å². The Labute approximate surface area is 362 Å². The second-order valence-corrected chi connectivity index (χ2v) is 16.5. The van der Waals surface area contributed by atoms with E-state index in [0.717, 1.165) is 89.8 Å². The fraction of sp³-hybridized carbons (Fsp3) is 0. The molecule has 294 valence electrons. The standard InChI is InChI=1S/C58H35N3O2/c1-2-15-38(16-3-1)59(41-29-30-55-49(33-41)43-18-7-10-22-54(43)62-55)39-25-27-40(28-26-39)60-50-20-8-6-17-42(50)48-34-45-46(35-53(48)60)44-19-12-24-57-58(44)61(51-21-9-11-23-56(51)63-57)52-32-37-14-5-4-13-36(37)31-47(45)52/h1-35H. The van der Waals surface area contributed by atoms with E-state index in [-0.39, 0.29) is 0 Å². The molecular weight excluding hydrogens is 771 g/mol. The lowest BCUT2D eigenvalue weighted by Gasteiger charge is -2.34. The summed E-state index contributed by atoms with van der Waals surface area (Å²) in [7, 11) is 0. The number of para-hydroxylation sites is 6. The fourth-order valence-corrected chi connectivity index (χ4v) is 10.3. The van der Waals surface area contributed by atoms with Crippen LogP contribution in [-0.4, -0.2) is 4.57 Å². The molecule has 0 amide bonds. The average Bonchev–Trinajstić information content (AvgIpc) is 3.84. The first-order valence-electron chi connectivity index (χ1n) is 21.4. The summed E-state index contributed by atoms with van der Waals surface area (Å²) < 4.78 is 15.4. The highest BCUT2D eigenvalue weighted by molar-refractivity contribution is 6.16. The van der Waals surface area contributed by atoms with E-state index in [2.05, 4.69) is 208 Å². The Balaban J connectivity index is 0.985. The van der Waals surface area contributed by atoms with E-state index in [0.29, 0.717) is 0 Å². The Morgan fingerprint density at radius 1 is 0.365 bits per heavy atom. The van der Waals surface area contributed by atoms with Gasteiger partial charge in [-0.1, -0.05) is 103 Å². The van der Waals surface area contributed by atoms with E-state index in [9.17, 15) is 0 Å². The minimum Gasteiger partial charge on any atom is -0.456 e. The third-order valence-electron chi connectivity index (χ3n) is 13.0. The number of anilines is 6. The number of aromatic nitrogens is 1. The highest BCUT2D eigenvalue weighted by Crippen LogP contribution is 2.60. The monoisotopic (exact) mass is 805 g/mol. The van der Waals surface area contributed by atoms with E-state index in [1.165, 1.54) is 38.2 Å². The molecule has 0 saturated carbocycles. The zero-order valence-corrected chi connectivity index (χ0v) is 33.9. The van der Waals surface area contributed by atoms with Gasteiger partial charge in [-0.3, -0.25) is 0 Å². The minimum absolute atomic E-state index is 0.845. The molecule has 0 spiro atoms. The maximum absolute atomic E-state index is 6.70. The summed E-state index contributed by atoms with van der Waals surface area (Å²) in [4.78, 5) is 4.74. The molecule has 5 nitrogen and oxygen atoms in total. The predicted molar refractivity (Wildman–Crippen MR) is 259 cm³/mol. The van der Waals surface area contributed by atoms with Crippen LogP contribution in [-0.2, 0) is 0 Å². The number of hydrogen-bond acceptors (Lipinski definition) is 4. The minimum atomic E-state index is 0.845. The van der Waals surface area contributed by atoms with Crippen LogP contribution in [0.1, 0.15) is 0 Å². The molecule has 0 unspecified atom stereocenters. The van der Waals surface area contributed by atoms with E-state index in [1.54, 1.807) is 0 Å². The van der Waals surface area contributed by atoms with Gasteiger partial charge in [0.2, 0.25) is 0 Å². The highest BCUT2D eigenvalue weighted by atomic mass is 16.5. The Kier molecular flexibility index (Phi) is 7.05. The number of ether oxygens (including phenoxy) is 1. The molecule has 2 aliphatic heterocycles. The number of furan rings is 1. The predicted octanol–water partition coefficient (Wildman–Crippen LogP) is 16.5. The van der Waals surface area contributed by atoms with E-state index in [4.69, 9.17) is 9.15 Å². The zero-order valence-electron chi connectivity index (χ0n) is 33.9. The first-order chi connectivity index (χ1) is 31.2. The molecule has 63 heavy (non-hydrogen) atoms. The van der Waals surface area contributed by atoms with Crippen molar-refractivity contribution < 1.29 is 9.15 Å². The van der Waals surface area contributed by atoms with Crippen LogP contribution in [0.2, 0.25) is 0 Å². The summed E-state index contributed by atoms with van der Waals surface area (Å²) in [6, 6.07) is 76.2. The lowest BCUT2D eigenvalue weighted by atomic mass is 9.91. The maximum Gasteiger partial charge on any atom is 0.152 e. The van der Waals surface area contributed by atoms with Gasteiger partial charge in [-0.15, -0.1) is 0 Å². The molecule has 0 fully saturated rings. The lowest BCUT2D eigenvalue weighted by molar-refractivity contribution is 0.477. The van der Waals surface area contributed by atoms with Crippen molar-refractivity contribution in [2.75, 3.05) is 9.80 Å². The SMILES string of the molecule is c1ccc(N(c2ccc(-n3c4ccccc4c4cc5c(cc43)-c3cccc4c3N(c3ccccc3O4)c3cc4ccccc4cc3-5)cc2)c2ccc3oc4ccccc4c3c2)cc1. The molecule has 0 N–H and O–H groups in total. The van der Waals surface area contributed by atoms with Crippen molar-refractivity contribution in [2.45, 2.75) is 0 Å². The third-order valence-corrected chi connectivity index (χ3v) is 13.0. The van der Waals surface area contributed by atoms with Crippen LogP contribution < -0.4 is 14.5 Å². The quantitative estimate of drug-likeness (QED) is 0.177. The molecule has 10 aromatic carbocycles. The van der Waals surface area contributed by atoms with E-state index in [1.807, 2.05) is 18.2 Å². The smallest absolute Gasteiger partial charge is 0.152 e. The van der Waals surface area contributed by atoms with Gasteiger partial charge in [0.1, 0.15) is 11.2 Å². The summed E-state index contributed by atoms with van der Waals surface area (Å²) >= 11 is 0. The van der Waals surface area contributed by atoms with Gasteiger partial charge in [0.05, 0.1) is 28.1 Å². The number of nitrogens with zero attached hydrogens (tertiary/aromatic N) is 3. The van der Waals surface area contributed by atoms with Crippen molar-refractivity contribution in [1.82, 2.24) is 4.57 Å². The van der Waals surface area contributed by atoms with Crippen molar-refractivity contribution in [2.24, 2.45) is 0 Å². The Morgan fingerprint density at radius 2 is 1.05 bits per heavy atom. The van der Waals surface area contributed by atoms with Crippen LogP contribution in [0.15, 0.2) is 217 Å². The average molecular weight is 806 g/mol. The van der Waals surface area contributed by atoms with Crippen molar-refractivity contribution in [3.8, 4) is 39.4 Å². The van der Waals surface area contributed by atoms with Gasteiger partial charge in [-0.05, 0) is 131 Å². The number of fused-ring (bicyclic) bond motifs is 14. The van der Waals surface area contributed by atoms with Crippen LogP contribution in [0.3, 0.4) is 0 Å². The van der Waals surface area contributed by atoms with Crippen LogP contribution in [0, 0.1) is 0 Å². The fourth-order valence-electron chi connectivity index (χ4n) is 10.3. The number of hydrogen-bond donors (Lipinski definition) is 0. The molecule has 2 aliphatic rings. The first kappa shape index (κ1) is 34.2. The Bertz CT molecular complexity index is 3840. The van der Waals surface area contributed by atoms with Crippen LogP contribution in [0.4, 0.5) is 34.1 Å². The molecule has 12 aromatic rings. The van der Waals surface area contributed by atoms with Crippen LogP contribution >= 0.6 is 0 Å². The van der Waals surface area contributed by atoms with Gasteiger partial charge in [-0.25, -0.2) is 0 Å². The van der Waals surface area contributed by atoms with Crippen molar-refractivity contribution in [3.05, 3.63) is 212 Å². The summed E-state index contributed by atoms with van der Waals surface area (Å²) in [5, 5.41) is 7.03. The summed E-state index contributed by atoms with van der Waals surface area (Å²) in [5.74, 6) is 1.69. The Hall–Kier alpha value is -8.54. The summed E-state index contributed by atoms with van der Waals surface area (Å²) in [6.45, 7) is 0. The largest absolute Gasteiger partial charge is 0.456 e. The first-order valence-corrected chi connectivity index (χ1v) is 21.4. The molecule has 0 aliphatic carbocycles. The third kappa shape index (κ3) is 4.99. The molecule has 5 heteroatoms. The molecule has 0 saturated heterocycles. The number of benzene rings is 10. The summed E-state index contributed by atoms with van der Waals surface area (Å²) in [6.07, 6.45) is 0. The number of rotatable bonds is 4. The van der Waals surface area contributed by atoms with Gasteiger partial charge in [0.25, 0.3) is 0 Å². The molecule has 14 rings (SSSR count). The van der Waals surface area contributed by atoms with Crippen molar-refractivity contribution in [1.29, 1.82) is 0 Å². The van der Waals surface area contributed by atoms with Gasteiger partial charge < -0.3 is 23.5 Å². The van der Waals surface area contributed by atoms with Gasteiger partial charge in [-0.2, -0.15) is 0 Å². The van der Waals surface area contributed by atoms with E-state index < -0.39 is 0 Å². The zero-order chi connectivity index (χ0) is 41.2. The normalized spacial score (nSPS) is 12.5. The molecule has 0 radical (unpaired) electrons. The second kappa shape index (κ2) is 13.0. The molecule has 0 bridgehead atoms. The topological polar surface area (TPSA) is 33.8 Å². The van der Waals surface area contributed by atoms with E-state index >= 15 is 0 Å². The molecule has 4 heterocycles.